The van der Waals surface area contributed by atoms with Crippen molar-refractivity contribution in [1.82, 2.24) is 10.3 Å². The van der Waals surface area contributed by atoms with E-state index in [9.17, 15) is 14.0 Å². The van der Waals surface area contributed by atoms with Crippen LogP contribution in [0.2, 0.25) is 0 Å². The van der Waals surface area contributed by atoms with Gasteiger partial charge in [0.2, 0.25) is 12.3 Å². The summed E-state index contributed by atoms with van der Waals surface area (Å²) >= 11 is 0. The molecule has 0 unspecified atom stereocenters. The molecule has 0 aliphatic heterocycles. The highest BCUT2D eigenvalue weighted by atomic mass is 19.1. The van der Waals surface area contributed by atoms with Crippen LogP contribution in [0.5, 0.6) is 0 Å². The zero-order valence-corrected chi connectivity index (χ0v) is 9.92. The molecule has 0 saturated carbocycles. The number of rotatable bonds is 4. The lowest BCUT2D eigenvalue weighted by molar-refractivity contribution is -0.125. The van der Waals surface area contributed by atoms with Crippen LogP contribution in [-0.2, 0) is 16.0 Å². The number of hydrogen-bond donors (Lipinski definition) is 2. The second-order valence-electron chi connectivity index (χ2n) is 4.11. The van der Waals surface area contributed by atoms with Crippen LogP contribution in [0.15, 0.2) is 18.3 Å². The number of halogens is 1. The summed E-state index contributed by atoms with van der Waals surface area (Å²) in [6.45, 7) is 1.89. The zero-order chi connectivity index (χ0) is 13.1. The third kappa shape index (κ3) is 2.25. The third-order valence-electron chi connectivity index (χ3n) is 2.92. The number of hydrogen-bond acceptors (Lipinski definition) is 2. The van der Waals surface area contributed by atoms with Gasteiger partial charge in [-0.2, -0.15) is 0 Å². The lowest BCUT2D eigenvalue weighted by atomic mass is 10.1. The molecule has 4 nitrogen and oxygen atoms in total. The van der Waals surface area contributed by atoms with Crippen molar-refractivity contribution in [1.29, 1.82) is 0 Å². The van der Waals surface area contributed by atoms with Gasteiger partial charge in [-0.15, -0.1) is 0 Å². The molecule has 18 heavy (non-hydrogen) atoms. The Balaban J connectivity index is 2.27. The summed E-state index contributed by atoms with van der Waals surface area (Å²) in [5, 5.41) is 2.58. The minimum atomic E-state index is -0.368. The molecule has 5 heteroatoms. The van der Waals surface area contributed by atoms with Crippen molar-refractivity contribution in [3.63, 3.8) is 0 Å². The molecule has 1 heterocycles. The molecule has 0 bridgehead atoms. The van der Waals surface area contributed by atoms with Crippen molar-refractivity contribution < 1.29 is 14.0 Å². The molecule has 0 saturated heterocycles. The van der Waals surface area contributed by atoms with Crippen LogP contribution in [0.3, 0.4) is 0 Å². The minimum Gasteiger partial charge on any atom is -0.361 e. The first-order valence-corrected chi connectivity index (χ1v) is 5.61. The van der Waals surface area contributed by atoms with E-state index < -0.39 is 0 Å². The number of aromatic amines is 1. The molecule has 0 aliphatic rings. The van der Waals surface area contributed by atoms with Gasteiger partial charge in [-0.05, 0) is 30.5 Å². The van der Waals surface area contributed by atoms with Crippen LogP contribution in [0, 0.1) is 12.7 Å². The van der Waals surface area contributed by atoms with Crippen LogP contribution in [0.4, 0.5) is 4.39 Å². The fourth-order valence-corrected chi connectivity index (χ4v) is 2.00. The number of benzene rings is 1. The highest BCUT2D eigenvalue weighted by Gasteiger charge is 2.11. The number of aryl methyl sites for hydroxylation is 2. The Bertz CT molecular complexity index is 604. The number of carbonyl (C=O) groups is 2. The molecule has 0 spiro atoms. The SMILES string of the molecule is Cc1ccc(F)c2c(CCC(=O)NC=O)c[nH]c12. The van der Waals surface area contributed by atoms with Crippen molar-refractivity contribution in [2.24, 2.45) is 0 Å². The summed E-state index contributed by atoms with van der Waals surface area (Å²) in [5.74, 6) is -0.671. The average molecular weight is 248 g/mol. The molecule has 0 fully saturated rings. The number of imide groups is 1. The maximum atomic E-state index is 13.8. The standard InChI is InChI=1S/C13H13FN2O2/c1-8-2-4-10(14)12-9(6-15-13(8)12)3-5-11(18)16-7-17/h2,4,6-7,15H,3,5H2,1H3,(H,16,17,18). The second kappa shape index (κ2) is 5.00. The number of amides is 2. The molecule has 2 aromatic rings. The van der Waals surface area contributed by atoms with Gasteiger partial charge in [0.15, 0.2) is 0 Å². The molecular formula is C13H13FN2O2. The van der Waals surface area contributed by atoms with Gasteiger partial charge in [-0.3, -0.25) is 14.9 Å². The Kier molecular flexibility index (Phi) is 3.41. The van der Waals surface area contributed by atoms with E-state index in [0.717, 1.165) is 16.6 Å². The first-order valence-electron chi connectivity index (χ1n) is 5.61. The summed E-state index contributed by atoms with van der Waals surface area (Å²) in [5.41, 5.74) is 2.45. The Morgan fingerprint density at radius 3 is 3.00 bits per heavy atom. The molecule has 2 N–H and O–H groups in total. The second-order valence-corrected chi connectivity index (χ2v) is 4.11. The van der Waals surface area contributed by atoms with Crippen LogP contribution in [0.25, 0.3) is 10.9 Å². The molecule has 0 atom stereocenters. The smallest absolute Gasteiger partial charge is 0.226 e. The van der Waals surface area contributed by atoms with Crippen LogP contribution < -0.4 is 5.32 Å². The summed E-state index contributed by atoms with van der Waals surface area (Å²) in [7, 11) is 0. The number of aromatic nitrogens is 1. The van der Waals surface area contributed by atoms with E-state index in [4.69, 9.17) is 0 Å². The van der Waals surface area contributed by atoms with E-state index in [1.54, 1.807) is 12.3 Å². The van der Waals surface area contributed by atoms with Crippen molar-refractivity contribution in [2.75, 3.05) is 0 Å². The van der Waals surface area contributed by atoms with E-state index in [1.807, 2.05) is 6.92 Å². The fraction of sp³-hybridized carbons (Fsp3) is 0.231. The Labute approximate surface area is 103 Å². The molecule has 2 rings (SSSR count). The Hall–Kier alpha value is -2.17. The topological polar surface area (TPSA) is 62.0 Å². The van der Waals surface area contributed by atoms with Gasteiger partial charge in [-0.1, -0.05) is 6.07 Å². The number of carbonyl (C=O) groups excluding carboxylic acids is 2. The predicted molar refractivity (Wildman–Crippen MR) is 65.5 cm³/mol. The normalized spacial score (nSPS) is 10.6. The largest absolute Gasteiger partial charge is 0.361 e. The zero-order valence-electron chi connectivity index (χ0n) is 9.92. The first-order chi connectivity index (χ1) is 8.63. The predicted octanol–water partition coefficient (Wildman–Crippen LogP) is 1.82. The van der Waals surface area contributed by atoms with Crippen LogP contribution in [0.1, 0.15) is 17.5 Å². The van der Waals surface area contributed by atoms with Gasteiger partial charge in [-0.25, -0.2) is 4.39 Å². The average Bonchev–Trinajstić information content (AvgIpc) is 2.77. The van der Waals surface area contributed by atoms with Crippen molar-refractivity contribution >= 4 is 23.2 Å². The molecular weight excluding hydrogens is 235 g/mol. The Morgan fingerprint density at radius 2 is 2.28 bits per heavy atom. The first kappa shape index (κ1) is 12.3. The lowest BCUT2D eigenvalue weighted by Crippen LogP contribution is -2.21. The van der Waals surface area contributed by atoms with Crippen molar-refractivity contribution in [2.45, 2.75) is 19.8 Å². The molecule has 0 aliphatic carbocycles. The number of nitrogens with one attached hydrogen (secondary N) is 2. The van der Waals surface area contributed by atoms with E-state index in [1.165, 1.54) is 6.07 Å². The maximum Gasteiger partial charge on any atom is 0.226 e. The Morgan fingerprint density at radius 1 is 1.50 bits per heavy atom. The fourth-order valence-electron chi connectivity index (χ4n) is 2.00. The van der Waals surface area contributed by atoms with Gasteiger partial charge >= 0.3 is 0 Å². The molecule has 2 amide bonds. The van der Waals surface area contributed by atoms with Gasteiger partial charge < -0.3 is 4.98 Å². The molecule has 0 radical (unpaired) electrons. The number of fused-ring (bicyclic) bond motifs is 1. The van der Waals surface area contributed by atoms with E-state index >= 15 is 0 Å². The van der Waals surface area contributed by atoms with Crippen molar-refractivity contribution in [3.8, 4) is 0 Å². The van der Waals surface area contributed by atoms with Crippen LogP contribution >= 0.6 is 0 Å². The van der Waals surface area contributed by atoms with Crippen molar-refractivity contribution in [3.05, 3.63) is 35.3 Å². The highest BCUT2D eigenvalue weighted by Crippen LogP contribution is 2.25. The molecule has 1 aromatic heterocycles. The highest BCUT2D eigenvalue weighted by molar-refractivity contribution is 5.88. The van der Waals surface area contributed by atoms with Gasteiger partial charge in [0.1, 0.15) is 5.82 Å². The van der Waals surface area contributed by atoms with E-state index in [0.29, 0.717) is 18.2 Å². The summed E-state index contributed by atoms with van der Waals surface area (Å²) in [6.07, 6.45) is 2.59. The summed E-state index contributed by atoms with van der Waals surface area (Å²) < 4.78 is 13.8. The maximum absolute atomic E-state index is 13.8. The summed E-state index contributed by atoms with van der Waals surface area (Å²) in [6, 6.07) is 3.12. The molecule has 1 aromatic carbocycles. The minimum absolute atomic E-state index is 0.152. The monoisotopic (exact) mass is 248 g/mol. The number of H-pyrrole nitrogens is 1. The van der Waals surface area contributed by atoms with E-state index in [2.05, 4.69) is 10.3 Å². The van der Waals surface area contributed by atoms with Gasteiger partial charge in [0, 0.05) is 18.0 Å². The summed E-state index contributed by atoms with van der Waals surface area (Å²) in [4.78, 5) is 24.3. The quantitative estimate of drug-likeness (QED) is 0.811. The van der Waals surface area contributed by atoms with Gasteiger partial charge in [0.05, 0.1) is 5.52 Å². The van der Waals surface area contributed by atoms with Gasteiger partial charge in [0.25, 0.3) is 0 Å². The lowest BCUT2D eigenvalue weighted by Gasteiger charge is -2.01. The molecule has 94 valence electrons. The van der Waals surface area contributed by atoms with E-state index in [-0.39, 0.29) is 18.1 Å². The third-order valence-corrected chi connectivity index (χ3v) is 2.92. The van der Waals surface area contributed by atoms with Crippen LogP contribution in [-0.4, -0.2) is 17.3 Å².